The van der Waals surface area contributed by atoms with Crippen molar-refractivity contribution in [2.45, 2.75) is 32.6 Å². The smallest absolute Gasteiger partial charge is 0.135 e. The lowest BCUT2D eigenvalue weighted by Crippen LogP contribution is -2.13. The number of rotatable bonds is 4. The summed E-state index contributed by atoms with van der Waals surface area (Å²) < 4.78 is 0. The summed E-state index contributed by atoms with van der Waals surface area (Å²) in [5, 5.41) is 0. The van der Waals surface area contributed by atoms with Crippen LogP contribution in [0.1, 0.15) is 32.0 Å². The Morgan fingerprint density at radius 1 is 1.41 bits per heavy atom. The van der Waals surface area contributed by atoms with Gasteiger partial charge in [-0.2, -0.15) is 0 Å². The highest BCUT2D eigenvalue weighted by atomic mass is 16.1. The van der Waals surface area contributed by atoms with Crippen LogP contribution in [0, 0.1) is 5.41 Å². The van der Waals surface area contributed by atoms with Gasteiger partial charge in [0.15, 0.2) is 0 Å². The lowest BCUT2D eigenvalue weighted by atomic mass is 9.96. The standard InChI is InChI=1S/C14H16N2O/c1-10(17)14(8-9-14)7-6-13-15-11-4-2-3-5-12(11)16-13/h2-5H,6-9H2,1H3,(H,15,16). The van der Waals surface area contributed by atoms with E-state index in [9.17, 15) is 4.79 Å². The van der Waals surface area contributed by atoms with Crippen molar-refractivity contribution in [3.63, 3.8) is 0 Å². The van der Waals surface area contributed by atoms with Crippen LogP contribution in [0.3, 0.4) is 0 Å². The van der Waals surface area contributed by atoms with Gasteiger partial charge in [-0.05, 0) is 38.3 Å². The van der Waals surface area contributed by atoms with Gasteiger partial charge in [-0.1, -0.05) is 12.1 Å². The van der Waals surface area contributed by atoms with Crippen molar-refractivity contribution in [1.29, 1.82) is 0 Å². The van der Waals surface area contributed by atoms with Gasteiger partial charge in [0.1, 0.15) is 11.6 Å². The highest BCUT2D eigenvalue weighted by Gasteiger charge is 2.46. The minimum absolute atomic E-state index is 0.0149. The maximum atomic E-state index is 11.5. The summed E-state index contributed by atoms with van der Waals surface area (Å²) in [5.41, 5.74) is 2.07. The first-order chi connectivity index (χ1) is 8.20. The molecule has 1 aromatic carbocycles. The maximum Gasteiger partial charge on any atom is 0.135 e. The molecule has 0 spiro atoms. The van der Waals surface area contributed by atoms with Crippen molar-refractivity contribution >= 4 is 16.8 Å². The average molecular weight is 228 g/mol. The molecule has 1 aromatic heterocycles. The summed E-state index contributed by atoms with van der Waals surface area (Å²) in [6.07, 6.45) is 3.92. The van der Waals surface area contributed by atoms with E-state index in [0.717, 1.165) is 42.5 Å². The molecule has 0 aliphatic heterocycles. The summed E-state index contributed by atoms with van der Waals surface area (Å²) in [5.74, 6) is 1.34. The summed E-state index contributed by atoms with van der Waals surface area (Å²) in [4.78, 5) is 19.3. The molecule has 1 aliphatic rings. The Kier molecular flexibility index (Phi) is 2.28. The second-order valence-corrected chi connectivity index (χ2v) is 5.04. The Morgan fingerprint density at radius 3 is 2.82 bits per heavy atom. The highest BCUT2D eigenvalue weighted by molar-refractivity contribution is 5.85. The largest absolute Gasteiger partial charge is 0.342 e. The van der Waals surface area contributed by atoms with E-state index in [-0.39, 0.29) is 5.41 Å². The monoisotopic (exact) mass is 228 g/mol. The van der Waals surface area contributed by atoms with Gasteiger partial charge in [0.05, 0.1) is 11.0 Å². The molecule has 3 heteroatoms. The van der Waals surface area contributed by atoms with Gasteiger partial charge >= 0.3 is 0 Å². The number of nitrogens with one attached hydrogen (secondary N) is 1. The number of carbonyl (C=O) groups is 1. The number of aryl methyl sites for hydroxylation is 1. The van der Waals surface area contributed by atoms with Crippen LogP contribution >= 0.6 is 0 Å². The molecule has 17 heavy (non-hydrogen) atoms. The third kappa shape index (κ3) is 1.86. The topological polar surface area (TPSA) is 45.8 Å². The van der Waals surface area contributed by atoms with Gasteiger partial charge in [0, 0.05) is 11.8 Å². The van der Waals surface area contributed by atoms with Crippen molar-refractivity contribution < 1.29 is 4.79 Å². The van der Waals surface area contributed by atoms with Crippen molar-refractivity contribution in [3.05, 3.63) is 30.1 Å². The van der Waals surface area contributed by atoms with Crippen LogP contribution in [0.15, 0.2) is 24.3 Å². The van der Waals surface area contributed by atoms with Gasteiger partial charge in [0.25, 0.3) is 0 Å². The van der Waals surface area contributed by atoms with Crippen LogP contribution in [-0.4, -0.2) is 15.8 Å². The number of H-pyrrole nitrogens is 1. The Hall–Kier alpha value is -1.64. The first kappa shape index (κ1) is 10.5. The van der Waals surface area contributed by atoms with Gasteiger partial charge in [-0.15, -0.1) is 0 Å². The first-order valence-corrected chi connectivity index (χ1v) is 6.14. The maximum absolute atomic E-state index is 11.5. The molecule has 0 unspecified atom stereocenters. The number of fused-ring (bicyclic) bond motifs is 1. The molecule has 0 amide bonds. The van der Waals surface area contributed by atoms with Crippen LogP contribution in [0.4, 0.5) is 0 Å². The lowest BCUT2D eigenvalue weighted by molar-refractivity contribution is -0.122. The fourth-order valence-electron chi connectivity index (χ4n) is 2.41. The molecule has 3 rings (SSSR count). The van der Waals surface area contributed by atoms with E-state index in [1.807, 2.05) is 24.3 Å². The lowest BCUT2D eigenvalue weighted by Gasteiger charge is -2.08. The number of nitrogens with zero attached hydrogens (tertiary/aromatic N) is 1. The van der Waals surface area contributed by atoms with E-state index < -0.39 is 0 Å². The number of aromatic nitrogens is 2. The highest BCUT2D eigenvalue weighted by Crippen LogP contribution is 2.50. The first-order valence-electron chi connectivity index (χ1n) is 6.14. The molecular weight excluding hydrogens is 212 g/mol. The van der Waals surface area contributed by atoms with E-state index in [1.165, 1.54) is 0 Å². The minimum atomic E-state index is -0.0149. The third-order valence-corrected chi connectivity index (χ3v) is 3.88. The van der Waals surface area contributed by atoms with Crippen molar-refractivity contribution in [2.24, 2.45) is 5.41 Å². The molecule has 1 aliphatic carbocycles. The number of carbonyl (C=O) groups excluding carboxylic acids is 1. The van der Waals surface area contributed by atoms with E-state index >= 15 is 0 Å². The zero-order valence-electron chi connectivity index (χ0n) is 9.99. The molecule has 3 nitrogen and oxygen atoms in total. The Labute approximate surface area is 100 Å². The third-order valence-electron chi connectivity index (χ3n) is 3.88. The minimum Gasteiger partial charge on any atom is -0.342 e. The second-order valence-electron chi connectivity index (χ2n) is 5.04. The van der Waals surface area contributed by atoms with Crippen LogP contribution < -0.4 is 0 Å². The number of hydrogen-bond acceptors (Lipinski definition) is 2. The Bertz CT molecular complexity index is 533. The number of benzene rings is 1. The van der Waals surface area contributed by atoms with Crippen LogP contribution in [0.25, 0.3) is 11.0 Å². The van der Waals surface area contributed by atoms with Crippen molar-refractivity contribution in [3.8, 4) is 0 Å². The molecular formula is C14H16N2O. The molecule has 0 radical (unpaired) electrons. The number of para-hydroxylation sites is 2. The van der Waals surface area contributed by atoms with Crippen LogP contribution in [-0.2, 0) is 11.2 Å². The SMILES string of the molecule is CC(=O)C1(CCc2nc3ccccc3[nH]2)CC1. The average Bonchev–Trinajstić information content (AvgIpc) is 3.00. The Morgan fingerprint density at radius 2 is 2.18 bits per heavy atom. The van der Waals surface area contributed by atoms with Gasteiger partial charge in [-0.3, -0.25) is 4.79 Å². The molecule has 0 bridgehead atoms. The number of Topliss-reactive ketones (excluding diaryl/α,β-unsaturated/α-hetero) is 1. The second kappa shape index (κ2) is 3.69. The molecule has 1 saturated carbocycles. The van der Waals surface area contributed by atoms with Crippen LogP contribution in [0.5, 0.6) is 0 Å². The summed E-state index contributed by atoms with van der Waals surface area (Å²) >= 11 is 0. The summed E-state index contributed by atoms with van der Waals surface area (Å²) in [6.45, 7) is 1.71. The number of ketones is 1. The number of hydrogen-bond donors (Lipinski definition) is 1. The molecule has 1 fully saturated rings. The predicted octanol–water partition coefficient (Wildman–Crippen LogP) is 2.86. The van der Waals surface area contributed by atoms with Gasteiger partial charge in [-0.25, -0.2) is 4.98 Å². The molecule has 1 heterocycles. The van der Waals surface area contributed by atoms with E-state index in [0.29, 0.717) is 5.78 Å². The summed E-state index contributed by atoms with van der Waals surface area (Å²) in [6, 6.07) is 8.03. The van der Waals surface area contributed by atoms with Crippen molar-refractivity contribution in [1.82, 2.24) is 9.97 Å². The molecule has 0 saturated heterocycles. The zero-order chi connectivity index (χ0) is 11.9. The molecule has 1 N–H and O–H groups in total. The van der Waals surface area contributed by atoms with Crippen molar-refractivity contribution in [2.75, 3.05) is 0 Å². The predicted molar refractivity (Wildman–Crippen MR) is 66.8 cm³/mol. The molecule has 2 aromatic rings. The molecule has 88 valence electrons. The number of aromatic amines is 1. The fourth-order valence-corrected chi connectivity index (χ4v) is 2.41. The fraction of sp³-hybridized carbons (Fsp3) is 0.429. The Balaban J connectivity index is 1.75. The van der Waals surface area contributed by atoms with Crippen LogP contribution in [0.2, 0.25) is 0 Å². The zero-order valence-corrected chi connectivity index (χ0v) is 9.99. The molecule has 0 atom stereocenters. The van der Waals surface area contributed by atoms with Gasteiger partial charge < -0.3 is 4.98 Å². The normalized spacial score (nSPS) is 17.2. The quantitative estimate of drug-likeness (QED) is 0.874. The van der Waals surface area contributed by atoms with E-state index in [1.54, 1.807) is 6.92 Å². The van der Waals surface area contributed by atoms with E-state index in [2.05, 4.69) is 9.97 Å². The number of imidazole rings is 1. The summed E-state index contributed by atoms with van der Waals surface area (Å²) in [7, 11) is 0. The van der Waals surface area contributed by atoms with E-state index in [4.69, 9.17) is 0 Å². The van der Waals surface area contributed by atoms with Gasteiger partial charge in [0.2, 0.25) is 0 Å².